The number of esters is 1. The molecule has 1 aromatic heterocycles. The van der Waals surface area contributed by atoms with Crippen molar-refractivity contribution in [1.29, 1.82) is 0 Å². The Kier molecular flexibility index (Phi) is 11.6. The van der Waals surface area contributed by atoms with E-state index < -0.39 is 18.2 Å². The number of hydrogen-bond acceptors (Lipinski definition) is 7. The lowest BCUT2D eigenvalue weighted by atomic mass is 10.1. The van der Waals surface area contributed by atoms with Crippen LogP contribution in [0.4, 0.5) is 0 Å². The summed E-state index contributed by atoms with van der Waals surface area (Å²) < 4.78 is 19.1. The van der Waals surface area contributed by atoms with Crippen molar-refractivity contribution in [3.05, 3.63) is 95.2 Å². The molecule has 0 aliphatic carbocycles. The summed E-state index contributed by atoms with van der Waals surface area (Å²) in [5, 5.41) is 19.6. The Labute approximate surface area is 237 Å². The monoisotopic (exact) mass is 547 g/mol. The summed E-state index contributed by atoms with van der Waals surface area (Å²) in [7, 11) is 0. The van der Waals surface area contributed by atoms with E-state index in [1.165, 1.54) is 44.9 Å². The van der Waals surface area contributed by atoms with Crippen LogP contribution in [0.25, 0.3) is 0 Å². The third-order valence-electron chi connectivity index (χ3n) is 6.96. The molecule has 0 saturated carbocycles. The van der Waals surface area contributed by atoms with E-state index in [0.29, 0.717) is 0 Å². The van der Waals surface area contributed by atoms with Gasteiger partial charge >= 0.3 is 5.97 Å². The maximum absolute atomic E-state index is 12.8. The molecule has 2 atom stereocenters. The molecule has 4 rings (SSSR count). The second-order valence-electron chi connectivity index (χ2n) is 10.3. The van der Waals surface area contributed by atoms with Crippen molar-refractivity contribution < 1.29 is 24.1 Å². The number of carbonyl (C=O) groups excluding carboxylic acids is 1. The van der Waals surface area contributed by atoms with E-state index in [0.717, 1.165) is 29.7 Å². The van der Waals surface area contributed by atoms with Gasteiger partial charge in [-0.3, -0.25) is 0 Å². The van der Waals surface area contributed by atoms with Crippen molar-refractivity contribution in [3.63, 3.8) is 0 Å². The minimum absolute atomic E-state index is 0.0159. The van der Waals surface area contributed by atoms with Gasteiger partial charge in [0.2, 0.25) is 5.76 Å². The minimum atomic E-state index is -1.09. The lowest BCUT2D eigenvalue weighted by Gasteiger charge is -2.20. The number of aliphatic hydroxyl groups excluding tert-OH is 1. The largest absolute Gasteiger partial charge is 0.485 e. The summed E-state index contributed by atoms with van der Waals surface area (Å²) in [6.07, 6.45) is 10.6. The highest BCUT2D eigenvalue weighted by Crippen LogP contribution is 2.29. The Morgan fingerprint density at radius 1 is 0.875 bits per heavy atom. The highest BCUT2D eigenvalue weighted by Gasteiger charge is 2.42. The Bertz CT molecular complexity index is 1200. The van der Waals surface area contributed by atoms with Gasteiger partial charge in [-0.25, -0.2) is 9.48 Å². The Balaban J connectivity index is 1.34. The average Bonchev–Trinajstić information content (AvgIpc) is 3.56. The molecule has 0 spiro atoms. The maximum Gasteiger partial charge on any atom is 0.378 e. The van der Waals surface area contributed by atoms with Crippen LogP contribution in [0.3, 0.4) is 0 Å². The number of ether oxygens (including phenoxy) is 3. The first kappa shape index (κ1) is 29.3. The first-order chi connectivity index (χ1) is 19.6. The van der Waals surface area contributed by atoms with E-state index in [1.54, 1.807) is 4.68 Å². The number of aryl methyl sites for hydroxylation is 1. The number of rotatable bonds is 18. The van der Waals surface area contributed by atoms with Crippen LogP contribution in [0.5, 0.6) is 0 Å². The minimum Gasteiger partial charge on any atom is -0.485 e. The van der Waals surface area contributed by atoms with Crippen molar-refractivity contribution in [2.45, 2.75) is 96.7 Å². The van der Waals surface area contributed by atoms with Gasteiger partial charge in [0.25, 0.3) is 0 Å². The van der Waals surface area contributed by atoms with Gasteiger partial charge in [-0.2, -0.15) is 0 Å². The van der Waals surface area contributed by atoms with Gasteiger partial charge in [0.1, 0.15) is 19.3 Å². The van der Waals surface area contributed by atoms with Gasteiger partial charge < -0.3 is 19.3 Å². The van der Waals surface area contributed by atoms with E-state index in [9.17, 15) is 9.90 Å². The summed E-state index contributed by atoms with van der Waals surface area (Å²) in [5.74, 6) is -0.480. The highest BCUT2D eigenvalue weighted by atomic mass is 16.6. The molecule has 8 heteroatoms. The zero-order valence-electron chi connectivity index (χ0n) is 23.4. The van der Waals surface area contributed by atoms with Gasteiger partial charge in [0.05, 0.1) is 12.2 Å². The highest BCUT2D eigenvalue weighted by molar-refractivity contribution is 5.89. The fourth-order valence-corrected chi connectivity index (χ4v) is 4.72. The number of benzene rings is 2. The standard InChI is InChI=1S/C32H41N3O5/c1-2-3-4-5-6-7-8-15-20-27-21-35(34-33-27)22-28(36)29-30(38-23-25-16-11-9-12-17-25)31(32(37)40-29)39-24-26-18-13-10-14-19-26/h9-14,16-19,21,28-29,36H,2-8,15,20,22-24H2,1H3/t28-,29+/m0/s1. The average molecular weight is 548 g/mol. The number of aliphatic hydroxyl groups is 1. The SMILES string of the molecule is CCCCCCCCCCc1cn(C[C@H](O)[C@H]2OC(=O)C(OCc3ccccc3)=C2OCc2ccccc2)nn1. The Morgan fingerprint density at radius 2 is 1.48 bits per heavy atom. The number of cyclic esters (lactones) is 1. The van der Waals surface area contributed by atoms with Crippen molar-refractivity contribution >= 4 is 5.97 Å². The molecule has 0 fully saturated rings. The molecular formula is C32H41N3O5. The van der Waals surface area contributed by atoms with E-state index in [1.807, 2.05) is 66.9 Å². The maximum atomic E-state index is 12.8. The van der Waals surface area contributed by atoms with Crippen LogP contribution in [-0.4, -0.2) is 38.3 Å². The molecule has 2 heterocycles. The van der Waals surface area contributed by atoms with Crippen LogP contribution in [0.15, 0.2) is 78.4 Å². The first-order valence-corrected chi connectivity index (χ1v) is 14.5. The normalized spacial score (nSPS) is 15.8. The Morgan fingerprint density at radius 3 is 2.12 bits per heavy atom. The summed E-state index contributed by atoms with van der Waals surface area (Å²) >= 11 is 0. The van der Waals surface area contributed by atoms with Crippen molar-refractivity contribution in [3.8, 4) is 0 Å². The number of hydrogen-bond donors (Lipinski definition) is 1. The molecular weight excluding hydrogens is 506 g/mol. The zero-order chi connectivity index (χ0) is 28.0. The fourth-order valence-electron chi connectivity index (χ4n) is 4.72. The molecule has 0 amide bonds. The van der Waals surface area contributed by atoms with Gasteiger partial charge in [0, 0.05) is 6.20 Å². The number of nitrogens with zero attached hydrogens (tertiary/aromatic N) is 3. The topological polar surface area (TPSA) is 95.7 Å². The van der Waals surface area contributed by atoms with Gasteiger partial charge in [-0.05, 0) is 24.0 Å². The van der Waals surface area contributed by atoms with E-state index in [-0.39, 0.29) is 31.3 Å². The number of carbonyl (C=O) groups is 1. The molecule has 0 bridgehead atoms. The van der Waals surface area contributed by atoms with Crippen LogP contribution in [0, 0.1) is 0 Å². The van der Waals surface area contributed by atoms with Gasteiger partial charge in [-0.15, -0.1) is 5.10 Å². The van der Waals surface area contributed by atoms with Gasteiger partial charge in [0.15, 0.2) is 11.9 Å². The summed E-state index contributed by atoms with van der Waals surface area (Å²) in [4.78, 5) is 12.8. The summed E-state index contributed by atoms with van der Waals surface area (Å²) in [5.41, 5.74) is 2.72. The molecule has 214 valence electrons. The van der Waals surface area contributed by atoms with Crippen LogP contribution >= 0.6 is 0 Å². The molecule has 40 heavy (non-hydrogen) atoms. The van der Waals surface area contributed by atoms with E-state index in [2.05, 4.69) is 17.2 Å². The van der Waals surface area contributed by atoms with Gasteiger partial charge in [-0.1, -0.05) is 118 Å². The third-order valence-corrected chi connectivity index (χ3v) is 6.96. The lowest BCUT2D eigenvalue weighted by molar-refractivity contribution is -0.148. The molecule has 0 radical (unpaired) electrons. The molecule has 1 N–H and O–H groups in total. The Hall–Kier alpha value is -3.65. The number of aromatic nitrogens is 3. The molecule has 0 unspecified atom stereocenters. The van der Waals surface area contributed by atoms with Crippen LogP contribution < -0.4 is 0 Å². The molecule has 1 aliphatic heterocycles. The predicted octanol–water partition coefficient (Wildman–Crippen LogP) is 5.89. The van der Waals surface area contributed by atoms with E-state index >= 15 is 0 Å². The quantitative estimate of drug-likeness (QED) is 0.157. The molecule has 0 saturated heterocycles. The van der Waals surface area contributed by atoms with Crippen LogP contribution in [0.1, 0.15) is 75.1 Å². The molecule has 8 nitrogen and oxygen atoms in total. The summed E-state index contributed by atoms with van der Waals surface area (Å²) in [6.45, 7) is 2.73. The lowest BCUT2D eigenvalue weighted by Crippen LogP contribution is -2.33. The molecule has 3 aromatic rings. The van der Waals surface area contributed by atoms with Crippen molar-refractivity contribution in [2.75, 3.05) is 0 Å². The van der Waals surface area contributed by atoms with Crippen molar-refractivity contribution in [2.24, 2.45) is 0 Å². The fraction of sp³-hybridized carbons (Fsp3) is 0.469. The molecule has 2 aromatic carbocycles. The zero-order valence-corrected chi connectivity index (χ0v) is 23.4. The second kappa shape index (κ2) is 15.8. The third kappa shape index (κ3) is 8.95. The smallest absolute Gasteiger partial charge is 0.378 e. The molecule has 1 aliphatic rings. The summed E-state index contributed by atoms with van der Waals surface area (Å²) in [6, 6.07) is 19.2. The number of unbranched alkanes of at least 4 members (excludes halogenated alkanes) is 7. The second-order valence-corrected chi connectivity index (χ2v) is 10.3. The first-order valence-electron chi connectivity index (χ1n) is 14.5. The van der Waals surface area contributed by atoms with Crippen LogP contribution in [0.2, 0.25) is 0 Å². The van der Waals surface area contributed by atoms with Crippen molar-refractivity contribution in [1.82, 2.24) is 15.0 Å². The van der Waals surface area contributed by atoms with E-state index in [4.69, 9.17) is 14.2 Å². The van der Waals surface area contributed by atoms with Crippen LogP contribution in [-0.2, 0) is 45.2 Å². The predicted molar refractivity (Wildman–Crippen MR) is 152 cm³/mol.